The van der Waals surface area contributed by atoms with Crippen LogP contribution in [0.15, 0.2) is 30.3 Å². The van der Waals surface area contributed by atoms with Crippen LogP contribution >= 0.6 is 11.8 Å². The fourth-order valence-electron chi connectivity index (χ4n) is 3.38. The van der Waals surface area contributed by atoms with Crippen molar-refractivity contribution in [3.63, 3.8) is 0 Å². The van der Waals surface area contributed by atoms with E-state index in [4.69, 9.17) is 0 Å². The molecule has 2 aliphatic heterocycles. The Hall–Kier alpha value is -1.90. The Labute approximate surface area is 157 Å². The molecule has 7 nitrogen and oxygen atoms in total. The van der Waals surface area contributed by atoms with Crippen LogP contribution in [0.1, 0.15) is 23.7 Å². The number of Topliss-reactive ketones (excluding diaryl/α,β-unsaturated/α-hetero) is 1. The topological polar surface area (TPSA) is 81.8 Å². The van der Waals surface area contributed by atoms with Crippen LogP contribution in [0.5, 0.6) is 0 Å². The van der Waals surface area contributed by atoms with Gasteiger partial charge in [-0.15, -0.1) is 11.8 Å². The van der Waals surface area contributed by atoms with Crippen LogP contribution in [-0.2, 0) is 4.79 Å². The molecule has 26 heavy (non-hydrogen) atoms. The van der Waals surface area contributed by atoms with Gasteiger partial charge in [-0.3, -0.25) is 25.1 Å². The minimum atomic E-state index is -0.445. The monoisotopic (exact) mass is 376 g/mol. The Morgan fingerprint density at radius 1 is 1.15 bits per heavy atom. The predicted molar refractivity (Wildman–Crippen MR) is 101 cm³/mol. The van der Waals surface area contributed by atoms with Gasteiger partial charge in [-0.05, 0) is 6.42 Å². The number of nitrogens with zero attached hydrogens (tertiary/aromatic N) is 2. The molecule has 0 saturated carbocycles. The van der Waals surface area contributed by atoms with Crippen molar-refractivity contribution in [3.05, 3.63) is 35.9 Å². The third-order valence-electron chi connectivity index (χ3n) is 4.92. The zero-order chi connectivity index (χ0) is 18.8. The number of nitrogens with one attached hydrogen (secondary N) is 2. The Morgan fingerprint density at radius 2 is 1.85 bits per heavy atom. The van der Waals surface area contributed by atoms with E-state index in [0.717, 1.165) is 11.3 Å². The number of hydrogen-bond donors (Lipinski definition) is 2. The molecular weight excluding hydrogens is 352 g/mol. The molecule has 0 bridgehead atoms. The van der Waals surface area contributed by atoms with E-state index >= 15 is 0 Å². The first kappa shape index (κ1) is 18.9. The van der Waals surface area contributed by atoms with E-state index in [9.17, 15) is 14.4 Å². The third-order valence-corrected chi connectivity index (χ3v) is 6.14. The highest BCUT2D eigenvalue weighted by Crippen LogP contribution is 2.31. The maximum Gasteiger partial charge on any atom is 0.327 e. The summed E-state index contributed by atoms with van der Waals surface area (Å²) in [6.45, 7) is 2.03. The predicted octanol–water partition coefficient (Wildman–Crippen LogP) is 1.32. The molecule has 3 rings (SSSR count). The number of hydrogen-bond acceptors (Lipinski definition) is 6. The summed E-state index contributed by atoms with van der Waals surface area (Å²) in [5.74, 6) is -0.367. The Morgan fingerprint density at radius 3 is 2.50 bits per heavy atom. The summed E-state index contributed by atoms with van der Waals surface area (Å²) in [6, 6.07) is 8.82. The number of fused-ring (bicyclic) bond motifs is 1. The van der Waals surface area contributed by atoms with E-state index in [1.54, 1.807) is 24.1 Å². The molecule has 4 unspecified atom stereocenters. The first-order chi connectivity index (χ1) is 12.4. The molecule has 2 heterocycles. The molecule has 2 aliphatic rings. The van der Waals surface area contributed by atoms with Crippen molar-refractivity contribution in [2.45, 2.75) is 31.0 Å². The largest absolute Gasteiger partial charge is 0.327 e. The molecule has 8 heteroatoms. The lowest BCUT2D eigenvalue weighted by molar-refractivity contribution is -0.140. The average Bonchev–Trinajstić information content (AvgIpc) is 2.68. The van der Waals surface area contributed by atoms with Crippen LogP contribution in [0, 0.1) is 5.92 Å². The molecule has 0 spiro atoms. The number of carbonyl (C=O) groups is 3. The van der Waals surface area contributed by atoms with E-state index < -0.39 is 5.92 Å². The maximum absolute atomic E-state index is 12.7. The van der Waals surface area contributed by atoms with Gasteiger partial charge in [0.05, 0.1) is 29.4 Å². The Balaban J connectivity index is 1.76. The summed E-state index contributed by atoms with van der Waals surface area (Å²) >= 11 is 1.43. The lowest BCUT2D eigenvalue weighted by atomic mass is 9.97. The first-order valence-corrected chi connectivity index (χ1v) is 9.75. The van der Waals surface area contributed by atoms with E-state index in [1.807, 2.05) is 25.1 Å². The van der Waals surface area contributed by atoms with Gasteiger partial charge in [-0.2, -0.15) is 0 Å². The quantitative estimate of drug-likeness (QED) is 0.755. The highest BCUT2D eigenvalue weighted by atomic mass is 32.2. The van der Waals surface area contributed by atoms with Crippen LogP contribution in [0.25, 0.3) is 0 Å². The average molecular weight is 376 g/mol. The highest BCUT2D eigenvalue weighted by molar-refractivity contribution is 8.00. The number of urea groups is 1. The second-order valence-corrected chi connectivity index (χ2v) is 7.71. The van der Waals surface area contributed by atoms with Crippen molar-refractivity contribution in [3.8, 4) is 0 Å². The van der Waals surface area contributed by atoms with Crippen LogP contribution in [-0.4, -0.2) is 65.1 Å². The molecule has 4 atom stereocenters. The SMILES string of the molecule is CCC1NC(SCC(=O)c2ccccc2)C2C(=O)N(C)C(=O)N(C)C2N1. The number of carbonyl (C=O) groups excluding carboxylic acids is 3. The standard InChI is InChI=1S/C18H24N4O3S/c1-4-13-19-15-14(17(24)22(3)18(25)21(15)2)16(20-13)26-10-12(23)11-8-6-5-7-9-11/h5-9,13-16,19-20H,4,10H2,1-3H3. The molecule has 1 aromatic rings. The molecule has 0 aromatic heterocycles. The fraction of sp³-hybridized carbons (Fsp3) is 0.500. The minimum Gasteiger partial charge on any atom is -0.311 e. The lowest BCUT2D eigenvalue weighted by Crippen LogP contribution is -2.74. The molecule has 2 fully saturated rings. The van der Waals surface area contributed by atoms with Crippen molar-refractivity contribution in [1.82, 2.24) is 20.4 Å². The molecule has 2 N–H and O–H groups in total. The van der Waals surface area contributed by atoms with Crippen LogP contribution in [0.3, 0.4) is 0 Å². The van der Waals surface area contributed by atoms with Crippen LogP contribution < -0.4 is 10.6 Å². The Kier molecular flexibility index (Phi) is 5.64. The van der Waals surface area contributed by atoms with Gasteiger partial charge in [-0.1, -0.05) is 37.3 Å². The summed E-state index contributed by atoms with van der Waals surface area (Å²) in [4.78, 5) is 40.2. The van der Waals surface area contributed by atoms with Crippen molar-refractivity contribution in [2.75, 3.05) is 19.8 Å². The van der Waals surface area contributed by atoms with Crippen molar-refractivity contribution < 1.29 is 14.4 Å². The summed E-state index contributed by atoms with van der Waals surface area (Å²) < 4.78 is 0. The second-order valence-electron chi connectivity index (χ2n) is 6.58. The lowest BCUT2D eigenvalue weighted by Gasteiger charge is -2.50. The van der Waals surface area contributed by atoms with E-state index in [-0.39, 0.29) is 41.2 Å². The minimum absolute atomic E-state index is 0.0213. The number of benzene rings is 1. The zero-order valence-corrected chi connectivity index (χ0v) is 16.0. The van der Waals surface area contributed by atoms with Gasteiger partial charge in [0.15, 0.2) is 5.78 Å². The summed E-state index contributed by atoms with van der Waals surface area (Å²) in [5, 5.41) is 6.50. The third kappa shape index (κ3) is 3.49. The van der Waals surface area contributed by atoms with Crippen molar-refractivity contribution in [2.24, 2.45) is 5.92 Å². The molecule has 3 amide bonds. The van der Waals surface area contributed by atoms with E-state index in [2.05, 4.69) is 10.6 Å². The Bertz CT molecular complexity index is 699. The van der Waals surface area contributed by atoms with E-state index in [1.165, 1.54) is 18.8 Å². The number of ketones is 1. The molecule has 140 valence electrons. The second kappa shape index (κ2) is 7.77. The first-order valence-electron chi connectivity index (χ1n) is 8.70. The smallest absolute Gasteiger partial charge is 0.311 e. The van der Waals surface area contributed by atoms with Crippen molar-refractivity contribution in [1.29, 1.82) is 0 Å². The van der Waals surface area contributed by atoms with Crippen molar-refractivity contribution >= 4 is 29.5 Å². The highest BCUT2D eigenvalue weighted by Gasteiger charge is 2.50. The van der Waals surface area contributed by atoms with Gasteiger partial charge in [0.25, 0.3) is 0 Å². The van der Waals surface area contributed by atoms with E-state index in [0.29, 0.717) is 5.56 Å². The van der Waals surface area contributed by atoms with Gasteiger partial charge in [-0.25, -0.2) is 4.79 Å². The fourth-order valence-corrected chi connectivity index (χ4v) is 4.61. The van der Waals surface area contributed by atoms with Crippen LogP contribution in [0.2, 0.25) is 0 Å². The van der Waals surface area contributed by atoms with Gasteiger partial charge in [0.1, 0.15) is 0 Å². The zero-order valence-electron chi connectivity index (χ0n) is 15.1. The van der Waals surface area contributed by atoms with Gasteiger partial charge in [0, 0.05) is 19.7 Å². The number of thioether (sulfide) groups is 1. The summed E-state index contributed by atoms with van der Waals surface area (Å²) in [7, 11) is 3.20. The summed E-state index contributed by atoms with van der Waals surface area (Å²) in [6.07, 6.45) is 0.410. The van der Waals surface area contributed by atoms with Gasteiger partial charge >= 0.3 is 6.03 Å². The maximum atomic E-state index is 12.7. The molecule has 1 aromatic carbocycles. The molecular formula is C18H24N4O3S. The normalized spacial score (nSPS) is 28.9. The number of imide groups is 1. The molecule has 2 saturated heterocycles. The molecule has 0 aliphatic carbocycles. The van der Waals surface area contributed by atoms with Crippen LogP contribution in [0.4, 0.5) is 4.79 Å². The van der Waals surface area contributed by atoms with Gasteiger partial charge < -0.3 is 4.90 Å². The molecule has 0 radical (unpaired) electrons. The van der Waals surface area contributed by atoms with Gasteiger partial charge in [0.2, 0.25) is 5.91 Å². The number of amides is 3. The number of rotatable bonds is 5. The summed E-state index contributed by atoms with van der Waals surface area (Å²) in [5.41, 5.74) is 0.664.